The Balaban J connectivity index is 1.16. The molecule has 4 N–H and O–H groups in total. The number of hydrogen-bond donors (Lipinski definition) is 4. The van der Waals surface area contributed by atoms with E-state index in [0.29, 0.717) is 42.0 Å². The maximum atomic E-state index is 13.6. The summed E-state index contributed by atoms with van der Waals surface area (Å²) in [5.74, 6) is 0.204. The number of nitrogens with zero attached hydrogens (tertiary/aromatic N) is 4. The minimum Gasteiger partial charge on any atom is -0.480 e. The number of carbonyl (C=O) groups is 2. The first kappa shape index (κ1) is 34.8. The van der Waals surface area contributed by atoms with E-state index in [1.165, 1.54) is 12.8 Å². The van der Waals surface area contributed by atoms with Crippen LogP contribution in [0.1, 0.15) is 81.9 Å². The first-order valence-corrected chi connectivity index (χ1v) is 17.4. The number of benzene rings is 1. The van der Waals surface area contributed by atoms with Crippen molar-refractivity contribution in [2.75, 3.05) is 25.0 Å². The van der Waals surface area contributed by atoms with Gasteiger partial charge >= 0.3 is 11.9 Å². The van der Waals surface area contributed by atoms with Gasteiger partial charge in [0.1, 0.15) is 12.1 Å². The lowest BCUT2D eigenvalue weighted by atomic mass is 9.79. The summed E-state index contributed by atoms with van der Waals surface area (Å²) >= 11 is 6.60. The molecular formula is C35H48ClN7O4. The first-order chi connectivity index (χ1) is 22.8. The predicted molar refractivity (Wildman–Crippen MR) is 182 cm³/mol. The van der Waals surface area contributed by atoms with Crippen LogP contribution in [-0.2, 0) is 34.4 Å². The number of aromatic nitrogens is 4. The SMILES string of the molecule is Cn1ncc(-c2nc(NC3CCC(NCCCCCCCNCC(=O)O)(C(=O)OCc4ccccc4)CC3)ncc2Cl)c1CC1CC1. The van der Waals surface area contributed by atoms with Crippen LogP contribution in [0, 0.1) is 5.92 Å². The van der Waals surface area contributed by atoms with Gasteiger partial charge in [-0.2, -0.15) is 5.10 Å². The third-order valence-corrected chi connectivity index (χ3v) is 9.56. The van der Waals surface area contributed by atoms with Crippen LogP contribution in [0.3, 0.4) is 0 Å². The van der Waals surface area contributed by atoms with Gasteiger partial charge in [-0.15, -0.1) is 0 Å². The standard InChI is InChI=1S/C35H48ClN7O4/c1-43-30(20-25-12-13-25)28(21-40-43)32-29(36)22-38-34(42-32)41-27-14-16-35(17-15-27,33(46)47-24-26-10-6-5-7-11-26)39-19-9-4-2-3-8-18-37-23-31(44)45/h5-7,10-11,21-22,25,27,37,39H,2-4,8-9,12-20,23-24H2,1H3,(H,44,45)(H,38,41,42). The van der Waals surface area contributed by atoms with Gasteiger partial charge in [-0.25, -0.2) is 9.97 Å². The molecule has 0 radical (unpaired) electrons. The lowest BCUT2D eigenvalue weighted by Gasteiger charge is -2.39. The Kier molecular flexibility index (Phi) is 12.6. The number of esters is 1. The topological polar surface area (TPSA) is 143 Å². The second-order valence-electron chi connectivity index (χ2n) is 13.0. The van der Waals surface area contributed by atoms with Crippen LogP contribution in [0.15, 0.2) is 42.7 Å². The molecule has 12 heteroatoms. The van der Waals surface area contributed by atoms with Crippen molar-refractivity contribution in [1.82, 2.24) is 30.4 Å². The van der Waals surface area contributed by atoms with Crippen LogP contribution in [0.25, 0.3) is 11.3 Å². The van der Waals surface area contributed by atoms with Crippen LogP contribution < -0.4 is 16.0 Å². The number of rotatable bonds is 19. The smallest absolute Gasteiger partial charge is 0.326 e. The molecule has 0 amide bonds. The third kappa shape index (κ3) is 10.2. The zero-order valence-electron chi connectivity index (χ0n) is 27.3. The quantitative estimate of drug-likeness (QED) is 0.0953. The molecule has 0 unspecified atom stereocenters. The maximum absolute atomic E-state index is 13.6. The molecule has 2 aliphatic carbocycles. The summed E-state index contributed by atoms with van der Waals surface area (Å²) in [5.41, 5.74) is 3.02. The van der Waals surface area contributed by atoms with E-state index < -0.39 is 11.5 Å². The number of nitrogens with one attached hydrogen (secondary N) is 3. The van der Waals surface area contributed by atoms with Crippen LogP contribution >= 0.6 is 11.6 Å². The van der Waals surface area contributed by atoms with Crippen LogP contribution in [0.2, 0.25) is 5.02 Å². The Hall–Kier alpha value is -3.54. The normalized spacial score (nSPS) is 19.4. The Morgan fingerprint density at radius 1 is 1.02 bits per heavy atom. The van der Waals surface area contributed by atoms with E-state index in [-0.39, 0.29) is 25.2 Å². The molecule has 2 aromatic heterocycles. The summed E-state index contributed by atoms with van der Waals surface area (Å²) in [7, 11) is 1.97. The van der Waals surface area contributed by atoms with E-state index in [1.54, 1.807) is 6.20 Å². The molecule has 11 nitrogen and oxygen atoms in total. The van der Waals surface area contributed by atoms with Gasteiger partial charge in [0.15, 0.2) is 0 Å². The highest BCUT2D eigenvalue weighted by Crippen LogP contribution is 2.37. The molecule has 0 saturated heterocycles. The number of anilines is 1. The van der Waals surface area contributed by atoms with E-state index in [9.17, 15) is 9.59 Å². The van der Waals surface area contributed by atoms with Crippen molar-refractivity contribution in [3.05, 3.63) is 59.0 Å². The van der Waals surface area contributed by atoms with Crippen molar-refractivity contribution in [2.24, 2.45) is 13.0 Å². The van der Waals surface area contributed by atoms with Gasteiger partial charge in [0, 0.05) is 24.3 Å². The van der Waals surface area contributed by atoms with Gasteiger partial charge < -0.3 is 25.8 Å². The molecule has 0 spiro atoms. The zero-order valence-corrected chi connectivity index (χ0v) is 28.1. The molecule has 2 aliphatic rings. The van der Waals surface area contributed by atoms with Crippen molar-refractivity contribution < 1.29 is 19.4 Å². The van der Waals surface area contributed by atoms with Gasteiger partial charge in [-0.1, -0.05) is 61.2 Å². The molecule has 0 bridgehead atoms. The summed E-state index contributed by atoms with van der Waals surface area (Å²) in [6.07, 6.45) is 14.8. The maximum Gasteiger partial charge on any atom is 0.326 e. The van der Waals surface area contributed by atoms with E-state index in [2.05, 4.69) is 26.0 Å². The number of unbranched alkanes of at least 4 members (excludes halogenated alkanes) is 4. The fourth-order valence-electron chi connectivity index (χ4n) is 6.30. The second kappa shape index (κ2) is 17.0. The number of aliphatic carboxylic acids is 1. The largest absolute Gasteiger partial charge is 0.480 e. The lowest BCUT2D eigenvalue weighted by Crippen LogP contribution is -2.56. The lowest BCUT2D eigenvalue weighted by molar-refractivity contribution is -0.155. The monoisotopic (exact) mass is 665 g/mol. The molecule has 254 valence electrons. The van der Waals surface area contributed by atoms with E-state index in [1.807, 2.05) is 48.3 Å². The number of ether oxygens (including phenoxy) is 1. The average Bonchev–Trinajstić information content (AvgIpc) is 3.83. The molecule has 0 atom stereocenters. The van der Waals surface area contributed by atoms with Gasteiger partial charge in [-0.05, 0) is 82.4 Å². The van der Waals surface area contributed by atoms with E-state index in [0.717, 1.165) is 74.7 Å². The Bertz CT molecular complexity index is 1460. The van der Waals surface area contributed by atoms with Gasteiger partial charge in [0.25, 0.3) is 0 Å². The molecular weight excluding hydrogens is 618 g/mol. The van der Waals surface area contributed by atoms with Crippen molar-refractivity contribution >= 4 is 29.5 Å². The minimum atomic E-state index is -0.831. The Labute approximate surface area is 282 Å². The highest BCUT2D eigenvalue weighted by Gasteiger charge is 2.43. The van der Waals surface area contributed by atoms with Gasteiger partial charge in [0.2, 0.25) is 5.95 Å². The predicted octanol–water partition coefficient (Wildman–Crippen LogP) is 5.53. The van der Waals surface area contributed by atoms with E-state index in [4.69, 9.17) is 26.4 Å². The van der Waals surface area contributed by atoms with Crippen molar-refractivity contribution in [3.63, 3.8) is 0 Å². The van der Waals surface area contributed by atoms with Crippen LogP contribution in [0.5, 0.6) is 0 Å². The van der Waals surface area contributed by atoms with Crippen LogP contribution in [-0.4, -0.2) is 68.0 Å². The molecule has 1 aromatic carbocycles. The highest BCUT2D eigenvalue weighted by atomic mass is 35.5. The molecule has 0 aliphatic heterocycles. The Morgan fingerprint density at radius 2 is 1.74 bits per heavy atom. The van der Waals surface area contributed by atoms with Crippen LogP contribution in [0.4, 0.5) is 5.95 Å². The summed E-state index contributed by atoms with van der Waals surface area (Å²) in [5, 5.41) is 23.8. The first-order valence-electron chi connectivity index (χ1n) is 17.0. The number of halogens is 1. The number of hydrogen-bond acceptors (Lipinski definition) is 9. The summed E-state index contributed by atoms with van der Waals surface area (Å²) in [6.45, 7) is 1.69. The van der Waals surface area contributed by atoms with Crippen molar-refractivity contribution in [3.8, 4) is 11.3 Å². The van der Waals surface area contributed by atoms with Crippen molar-refractivity contribution in [2.45, 2.75) is 95.2 Å². The molecule has 2 heterocycles. The number of carboxylic acids is 1. The van der Waals surface area contributed by atoms with Gasteiger partial charge in [-0.3, -0.25) is 14.3 Å². The summed E-state index contributed by atoms with van der Waals surface area (Å²) in [6, 6.07) is 9.88. The number of aryl methyl sites for hydroxylation is 1. The highest BCUT2D eigenvalue weighted by molar-refractivity contribution is 6.33. The molecule has 3 aromatic rings. The zero-order chi connectivity index (χ0) is 33.1. The molecule has 47 heavy (non-hydrogen) atoms. The number of carboxylic acid groups (broad SMARTS) is 1. The molecule has 2 saturated carbocycles. The fraction of sp³-hybridized carbons (Fsp3) is 0.571. The number of carbonyl (C=O) groups excluding carboxylic acids is 1. The fourth-order valence-corrected chi connectivity index (χ4v) is 6.50. The second-order valence-corrected chi connectivity index (χ2v) is 13.4. The summed E-state index contributed by atoms with van der Waals surface area (Å²) in [4.78, 5) is 33.6. The summed E-state index contributed by atoms with van der Waals surface area (Å²) < 4.78 is 7.80. The van der Waals surface area contributed by atoms with Crippen molar-refractivity contribution in [1.29, 1.82) is 0 Å². The molecule has 2 fully saturated rings. The molecule has 5 rings (SSSR count). The van der Waals surface area contributed by atoms with Gasteiger partial charge in [0.05, 0.1) is 29.7 Å². The third-order valence-electron chi connectivity index (χ3n) is 9.29. The van der Waals surface area contributed by atoms with E-state index >= 15 is 0 Å². The average molecular weight is 666 g/mol. The minimum absolute atomic E-state index is 0.00308. The Morgan fingerprint density at radius 3 is 2.47 bits per heavy atom.